The Bertz CT molecular complexity index is 819. The molecule has 0 saturated heterocycles. The van der Waals surface area contributed by atoms with Gasteiger partial charge in [-0.15, -0.1) is 11.3 Å². The molecule has 0 atom stereocenters. The highest BCUT2D eigenvalue weighted by molar-refractivity contribution is 7.13. The lowest BCUT2D eigenvalue weighted by atomic mass is 10.1. The summed E-state index contributed by atoms with van der Waals surface area (Å²) in [5, 5.41) is 16.7. The van der Waals surface area contributed by atoms with Crippen molar-refractivity contribution in [1.29, 1.82) is 0 Å². The third-order valence-electron chi connectivity index (χ3n) is 3.70. The Hall–Kier alpha value is -2.21. The number of rotatable bonds is 4. The van der Waals surface area contributed by atoms with Gasteiger partial charge in [-0.2, -0.15) is 5.10 Å². The number of carboxylic acid groups (broad SMARTS) is 1. The van der Waals surface area contributed by atoms with Gasteiger partial charge in [0.1, 0.15) is 6.54 Å². The fraction of sp³-hybridized carbons (Fsp3) is 0.267. The van der Waals surface area contributed by atoms with Gasteiger partial charge in [-0.25, -0.2) is 9.67 Å². The normalized spacial score (nSPS) is 14.7. The standard InChI is InChI=1S/C15H13N3O2S/c19-12(20)8-18-15-13(14(17-18)9-3-4-9)10(5-6-16-15)11-2-1-7-21-11/h1-2,5-7,9H,3-4,8H2,(H,19,20). The third kappa shape index (κ3) is 2.12. The summed E-state index contributed by atoms with van der Waals surface area (Å²) in [5.74, 6) is -0.449. The third-order valence-corrected chi connectivity index (χ3v) is 4.60. The summed E-state index contributed by atoms with van der Waals surface area (Å²) in [5.41, 5.74) is 2.78. The minimum atomic E-state index is -0.898. The fourth-order valence-corrected chi connectivity index (χ4v) is 3.40. The molecule has 0 unspecified atom stereocenters. The lowest BCUT2D eigenvalue weighted by molar-refractivity contribution is -0.137. The molecule has 3 aromatic rings. The van der Waals surface area contributed by atoms with E-state index in [9.17, 15) is 4.79 Å². The van der Waals surface area contributed by atoms with E-state index in [0.717, 1.165) is 29.5 Å². The van der Waals surface area contributed by atoms with Crippen LogP contribution < -0.4 is 0 Å². The van der Waals surface area contributed by atoms with E-state index in [1.54, 1.807) is 17.5 Å². The van der Waals surface area contributed by atoms with E-state index in [-0.39, 0.29) is 6.54 Å². The number of carbonyl (C=O) groups is 1. The van der Waals surface area contributed by atoms with Crippen LogP contribution in [0.15, 0.2) is 29.8 Å². The molecule has 5 nitrogen and oxygen atoms in total. The molecule has 1 fully saturated rings. The molecule has 21 heavy (non-hydrogen) atoms. The first-order valence-corrected chi connectivity index (χ1v) is 7.73. The van der Waals surface area contributed by atoms with Crippen molar-refractivity contribution in [2.24, 2.45) is 0 Å². The molecule has 106 valence electrons. The van der Waals surface area contributed by atoms with E-state index in [1.807, 2.05) is 17.5 Å². The van der Waals surface area contributed by atoms with Gasteiger partial charge in [0.25, 0.3) is 0 Å². The van der Waals surface area contributed by atoms with Crippen LogP contribution in [0.3, 0.4) is 0 Å². The van der Waals surface area contributed by atoms with Crippen molar-refractivity contribution in [1.82, 2.24) is 14.8 Å². The minimum Gasteiger partial charge on any atom is -0.480 e. The first kappa shape index (κ1) is 12.5. The zero-order valence-corrected chi connectivity index (χ0v) is 12.0. The van der Waals surface area contributed by atoms with Crippen LogP contribution in [0.25, 0.3) is 21.5 Å². The van der Waals surface area contributed by atoms with Crippen LogP contribution in [0.5, 0.6) is 0 Å². The molecule has 3 aromatic heterocycles. The summed E-state index contributed by atoms with van der Waals surface area (Å²) >= 11 is 1.67. The molecule has 4 rings (SSSR count). The summed E-state index contributed by atoms with van der Waals surface area (Å²) in [6, 6.07) is 6.09. The Balaban J connectivity index is 1.99. The van der Waals surface area contributed by atoms with Crippen molar-refractivity contribution in [3.8, 4) is 10.4 Å². The maximum absolute atomic E-state index is 11.0. The van der Waals surface area contributed by atoms with E-state index < -0.39 is 5.97 Å². The van der Waals surface area contributed by atoms with Crippen molar-refractivity contribution in [2.45, 2.75) is 25.3 Å². The molecule has 0 aliphatic heterocycles. The van der Waals surface area contributed by atoms with Gasteiger partial charge in [0.15, 0.2) is 5.65 Å². The van der Waals surface area contributed by atoms with E-state index in [2.05, 4.69) is 16.1 Å². The molecule has 1 N–H and O–H groups in total. The second kappa shape index (κ2) is 4.66. The number of fused-ring (bicyclic) bond motifs is 1. The van der Waals surface area contributed by atoms with Crippen LogP contribution in [0.4, 0.5) is 0 Å². The van der Waals surface area contributed by atoms with Crippen molar-refractivity contribution in [3.63, 3.8) is 0 Å². The number of nitrogens with zero attached hydrogens (tertiary/aromatic N) is 3. The van der Waals surface area contributed by atoms with E-state index >= 15 is 0 Å². The van der Waals surface area contributed by atoms with E-state index in [1.165, 1.54) is 9.56 Å². The molecule has 1 aliphatic carbocycles. The van der Waals surface area contributed by atoms with Gasteiger partial charge in [-0.1, -0.05) is 6.07 Å². The van der Waals surface area contributed by atoms with Gasteiger partial charge >= 0.3 is 5.97 Å². The highest BCUT2D eigenvalue weighted by atomic mass is 32.1. The molecular weight excluding hydrogens is 286 g/mol. The van der Waals surface area contributed by atoms with Crippen LogP contribution in [0, 0.1) is 0 Å². The van der Waals surface area contributed by atoms with E-state index in [4.69, 9.17) is 5.11 Å². The molecule has 0 radical (unpaired) electrons. The van der Waals surface area contributed by atoms with Gasteiger partial charge in [0, 0.05) is 22.6 Å². The topological polar surface area (TPSA) is 68.0 Å². The molecule has 0 aromatic carbocycles. The summed E-state index contributed by atoms with van der Waals surface area (Å²) in [6.45, 7) is -0.149. The highest BCUT2D eigenvalue weighted by Gasteiger charge is 2.31. The number of hydrogen-bond donors (Lipinski definition) is 1. The summed E-state index contributed by atoms with van der Waals surface area (Å²) in [7, 11) is 0. The van der Waals surface area contributed by atoms with Gasteiger partial charge in [0.05, 0.1) is 11.1 Å². The molecular formula is C15H13N3O2S. The largest absolute Gasteiger partial charge is 0.480 e. The Labute approximate surface area is 124 Å². The maximum atomic E-state index is 11.0. The van der Waals surface area contributed by atoms with Crippen molar-refractivity contribution in [3.05, 3.63) is 35.5 Å². The molecule has 0 bridgehead atoms. The van der Waals surface area contributed by atoms with Crippen LogP contribution in [0.1, 0.15) is 24.5 Å². The summed E-state index contributed by atoms with van der Waals surface area (Å²) in [6.07, 6.45) is 3.98. The predicted molar refractivity (Wildman–Crippen MR) is 80.5 cm³/mol. The maximum Gasteiger partial charge on any atom is 0.325 e. The fourth-order valence-electron chi connectivity index (χ4n) is 2.64. The van der Waals surface area contributed by atoms with E-state index in [0.29, 0.717) is 11.6 Å². The Kier molecular flexibility index (Phi) is 2.78. The average Bonchev–Trinajstić information content (AvgIpc) is 3.04. The monoisotopic (exact) mass is 299 g/mol. The first-order chi connectivity index (χ1) is 10.2. The Morgan fingerprint density at radius 3 is 2.95 bits per heavy atom. The Morgan fingerprint density at radius 2 is 2.29 bits per heavy atom. The van der Waals surface area contributed by atoms with Gasteiger partial charge in [-0.05, 0) is 30.4 Å². The minimum absolute atomic E-state index is 0.149. The number of pyridine rings is 1. The number of aromatic nitrogens is 3. The zero-order chi connectivity index (χ0) is 14.4. The average molecular weight is 299 g/mol. The lowest BCUT2D eigenvalue weighted by Crippen LogP contribution is -2.10. The number of hydrogen-bond acceptors (Lipinski definition) is 4. The van der Waals surface area contributed by atoms with Crippen LogP contribution >= 0.6 is 11.3 Å². The lowest BCUT2D eigenvalue weighted by Gasteiger charge is -2.02. The summed E-state index contributed by atoms with van der Waals surface area (Å²) < 4.78 is 1.52. The molecule has 3 heterocycles. The molecule has 0 spiro atoms. The first-order valence-electron chi connectivity index (χ1n) is 6.85. The van der Waals surface area contributed by atoms with Crippen LogP contribution in [-0.4, -0.2) is 25.8 Å². The zero-order valence-electron chi connectivity index (χ0n) is 11.2. The quantitative estimate of drug-likeness (QED) is 0.803. The summed E-state index contributed by atoms with van der Waals surface area (Å²) in [4.78, 5) is 16.6. The smallest absolute Gasteiger partial charge is 0.325 e. The van der Waals surface area contributed by atoms with Gasteiger partial charge in [-0.3, -0.25) is 4.79 Å². The number of carboxylic acids is 1. The Morgan fingerprint density at radius 1 is 1.43 bits per heavy atom. The highest BCUT2D eigenvalue weighted by Crippen LogP contribution is 2.45. The molecule has 1 aliphatic rings. The second-order valence-electron chi connectivity index (χ2n) is 5.25. The van der Waals surface area contributed by atoms with Crippen molar-refractivity contribution in [2.75, 3.05) is 0 Å². The van der Waals surface area contributed by atoms with Crippen molar-refractivity contribution >= 4 is 28.3 Å². The van der Waals surface area contributed by atoms with Gasteiger partial charge < -0.3 is 5.11 Å². The molecule has 0 amide bonds. The number of thiophene rings is 1. The molecule has 1 saturated carbocycles. The van der Waals surface area contributed by atoms with Crippen molar-refractivity contribution < 1.29 is 9.90 Å². The SMILES string of the molecule is O=C(O)Cn1nc(C2CC2)c2c(-c3cccs3)ccnc21. The van der Waals surface area contributed by atoms with Gasteiger partial charge in [0.2, 0.25) is 0 Å². The molecule has 6 heteroatoms. The van der Waals surface area contributed by atoms with Crippen LogP contribution in [-0.2, 0) is 11.3 Å². The predicted octanol–water partition coefficient (Wildman–Crippen LogP) is 3.12. The second-order valence-corrected chi connectivity index (χ2v) is 6.19. The van der Waals surface area contributed by atoms with Crippen LogP contribution in [0.2, 0.25) is 0 Å². The number of aliphatic carboxylic acids is 1.